The van der Waals surface area contributed by atoms with E-state index in [0.29, 0.717) is 29.1 Å². The third-order valence-corrected chi connectivity index (χ3v) is 10.6. The lowest BCUT2D eigenvalue weighted by Crippen LogP contribution is -2.55. The summed E-state index contributed by atoms with van der Waals surface area (Å²) >= 11 is 0. The van der Waals surface area contributed by atoms with Crippen molar-refractivity contribution >= 4 is 0 Å². The molecule has 10 atom stereocenters. The zero-order valence-corrected chi connectivity index (χ0v) is 18.9. The van der Waals surface area contributed by atoms with E-state index < -0.39 is 11.7 Å². The van der Waals surface area contributed by atoms with Gasteiger partial charge in [-0.15, -0.1) is 0 Å². The number of rotatable bonds is 2. The molecule has 0 amide bonds. The minimum Gasteiger partial charge on any atom is -0.393 e. The minimum absolute atomic E-state index is 0.0305. The number of hydrogen-bond acceptors (Lipinski definition) is 3. The van der Waals surface area contributed by atoms with Crippen molar-refractivity contribution in [2.75, 3.05) is 0 Å². The van der Waals surface area contributed by atoms with Crippen LogP contribution in [0.5, 0.6) is 0 Å². The van der Waals surface area contributed by atoms with Gasteiger partial charge in [0.2, 0.25) is 0 Å². The molecular weight excluding hydrogens is 372 g/mol. The number of aliphatic hydroxyl groups excluding tert-OH is 2. The van der Waals surface area contributed by atoms with E-state index in [0.717, 1.165) is 37.7 Å². The number of hydrogen-bond donors (Lipinski definition) is 3. The summed E-state index contributed by atoms with van der Waals surface area (Å²) < 4.78 is 0. The highest BCUT2D eigenvalue weighted by Gasteiger charge is 2.65. The van der Waals surface area contributed by atoms with Gasteiger partial charge in [0.05, 0.1) is 17.8 Å². The Kier molecular flexibility index (Phi) is 4.93. The van der Waals surface area contributed by atoms with E-state index in [1.807, 2.05) is 37.3 Å². The Morgan fingerprint density at radius 1 is 0.867 bits per heavy atom. The number of fused-ring (bicyclic) bond motifs is 5. The Balaban J connectivity index is 1.46. The molecule has 0 saturated heterocycles. The molecule has 4 aliphatic rings. The van der Waals surface area contributed by atoms with Crippen LogP contribution in [-0.4, -0.2) is 27.5 Å². The second-order valence-corrected chi connectivity index (χ2v) is 11.9. The van der Waals surface area contributed by atoms with Gasteiger partial charge >= 0.3 is 0 Å². The molecule has 0 spiro atoms. The van der Waals surface area contributed by atoms with Gasteiger partial charge in [0.25, 0.3) is 0 Å². The van der Waals surface area contributed by atoms with Gasteiger partial charge in [0.15, 0.2) is 0 Å². The monoisotopic (exact) mass is 412 g/mol. The Morgan fingerprint density at radius 3 is 2.30 bits per heavy atom. The molecule has 0 bridgehead atoms. The third kappa shape index (κ3) is 2.88. The average molecular weight is 413 g/mol. The fourth-order valence-corrected chi connectivity index (χ4v) is 9.22. The van der Waals surface area contributed by atoms with E-state index in [-0.39, 0.29) is 17.4 Å². The fraction of sp³-hybridized carbons (Fsp3) is 0.778. The predicted octanol–water partition coefficient (Wildman–Crippen LogP) is 4.88. The van der Waals surface area contributed by atoms with Crippen LogP contribution in [0.1, 0.15) is 77.7 Å². The summed E-state index contributed by atoms with van der Waals surface area (Å²) in [5.41, 5.74) is 0.216. The lowest BCUT2D eigenvalue weighted by molar-refractivity contribution is -0.151. The Labute approximate surface area is 181 Å². The van der Waals surface area contributed by atoms with Gasteiger partial charge in [-0.05, 0) is 98.4 Å². The molecule has 1 aromatic carbocycles. The maximum atomic E-state index is 11.7. The van der Waals surface area contributed by atoms with Crippen molar-refractivity contribution in [2.24, 2.45) is 40.4 Å². The largest absolute Gasteiger partial charge is 0.393 e. The summed E-state index contributed by atoms with van der Waals surface area (Å²) in [5.74, 6) is 2.36. The van der Waals surface area contributed by atoms with Crippen molar-refractivity contribution in [2.45, 2.75) is 89.9 Å². The molecule has 0 aliphatic heterocycles. The second kappa shape index (κ2) is 7.05. The highest BCUT2D eigenvalue weighted by atomic mass is 16.3. The van der Waals surface area contributed by atoms with Crippen LogP contribution >= 0.6 is 0 Å². The van der Waals surface area contributed by atoms with Crippen LogP contribution < -0.4 is 0 Å². The lowest BCUT2D eigenvalue weighted by Gasteiger charge is -2.61. The van der Waals surface area contributed by atoms with Gasteiger partial charge in [-0.2, -0.15) is 0 Å². The van der Waals surface area contributed by atoms with Crippen LogP contribution in [0.15, 0.2) is 30.3 Å². The van der Waals surface area contributed by atoms with E-state index in [2.05, 4.69) is 13.8 Å². The van der Waals surface area contributed by atoms with E-state index in [4.69, 9.17) is 0 Å². The third-order valence-electron chi connectivity index (χ3n) is 10.6. The summed E-state index contributed by atoms with van der Waals surface area (Å²) in [6.07, 6.45) is 8.10. The topological polar surface area (TPSA) is 60.7 Å². The predicted molar refractivity (Wildman–Crippen MR) is 119 cm³/mol. The van der Waals surface area contributed by atoms with Crippen molar-refractivity contribution in [3.8, 4) is 0 Å². The molecule has 4 fully saturated rings. The summed E-state index contributed by atoms with van der Waals surface area (Å²) in [7, 11) is 0. The van der Waals surface area contributed by atoms with Gasteiger partial charge in [-0.3, -0.25) is 0 Å². The standard InChI is InChI=1S/C27H40O3/c1-25-13-11-19(28)15-18(25)9-10-20-21(25)12-14-26(2)22(20)16-23(29)24(26)27(3,30)17-7-5-4-6-8-17/h4-8,18-24,28-30H,9-16H2,1-3H3/t18-,19-,20+,21-,22-,23+,24+,25-,26-,27+/m0/s1. The molecule has 0 aromatic heterocycles. The summed E-state index contributed by atoms with van der Waals surface area (Å²) in [4.78, 5) is 0. The molecule has 30 heavy (non-hydrogen) atoms. The molecule has 0 heterocycles. The molecule has 0 unspecified atom stereocenters. The van der Waals surface area contributed by atoms with Crippen LogP contribution in [-0.2, 0) is 5.60 Å². The van der Waals surface area contributed by atoms with Crippen molar-refractivity contribution in [3.05, 3.63) is 35.9 Å². The van der Waals surface area contributed by atoms with Crippen LogP contribution in [0.3, 0.4) is 0 Å². The smallest absolute Gasteiger partial charge is 0.0926 e. The Bertz CT molecular complexity index is 776. The fourth-order valence-electron chi connectivity index (χ4n) is 9.22. The molecule has 3 heteroatoms. The van der Waals surface area contributed by atoms with E-state index in [1.165, 1.54) is 19.3 Å². The Hall–Kier alpha value is -0.900. The minimum atomic E-state index is -1.02. The van der Waals surface area contributed by atoms with Gasteiger partial charge < -0.3 is 15.3 Å². The van der Waals surface area contributed by atoms with Crippen LogP contribution in [0.25, 0.3) is 0 Å². The second-order valence-electron chi connectivity index (χ2n) is 11.9. The average Bonchev–Trinajstić information content (AvgIpc) is 3.00. The van der Waals surface area contributed by atoms with Gasteiger partial charge in [0, 0.05) is 5.92 Å². The van der Waals surface area contributed by atoms with Gasteiger partial charge in [-0.1, -0.05) is 44.2 Å². The first-order valence-corrected chi connectivity index (χ1v) is 12.3. The van der Waals surface area contributed by atoms with Gasteiger partial charge in [0.1, 0.15) is 0 Å². The van der Waals surface area contributed by atoms with Crippen LogP contribution in [0, 0.1) is 40.4 Å². The first-order valence-electron chi connectivity index (χ1n) is 12.3. The van der Waals surface area contributed by atoms with E-state index >= 15 is 0 Å². The zero-order valence-electron chi connectivity index (χ0n) is 18.9. The normalized spacial score (nSPS) is 50.1. The maximum Gasteiger partial charge on any atom is 0.0926 e. The molecule has 3 N–H and O–H groups in total. The lowest BCUT2D eigenvalue weighted by atomic mass is 9.44. The molecule has 3 nitrogen and oxygen atoms in total. The summed E-state index contributed by atoms with van der Waals surface area (Å²) in [6, 6.07) is 9.98. The zero-order chi connectivity index (χ0) is 21.3. The number of aliphatic hydroxyl groups is 3. The Morgan fingerprint density at radius 2 is 1.57 bits per heavy atom. The van der Waals surface area contributed by atoms with Crippen LogP contribution in [0.2, 0.25) is 0 Å². The molecule has 166 valence electrons. The van der Waals surface area contributed by atoms with Crippen molar-refractivity contribution < 1.29 is 15.3 Å². The molecule has 4 aliphatic carbocycles. The SMILES string of the molecule is C[C@]12CC[C@H](O)C[C@@H]1CC[C@@H]1[C@@H]2CC[C@]2(C)[C@H]([C@](C)(O)c3ccccc3)[C@H](O)C[C@@H]12. The van der Waals surface area contributed by atoms with Gasteiger partial charge in [-0.25, -0.2) is 0 Å². The molecule has 5 rings (SSSR count). The molecule has 0 radical (unpaired) electrons. The van der Waals surface area contributed by atoms with Crippen molar-refractivity contribution in [3.63, 3.8) is 0 Å². The van der Waals surface area contributed by atoms with Crippen LogP contribution in [0.4, 0.5) is 0 Å². The highest BCUT2D eigenvalue weighted by molar-refractivity contribution is 5.26. The van der Waals surface area contributed by atoms with Crippen molar-refractivity contribution in [1.29, 1.82) is 0 Å². The molecule has 1 aromatic rings. The number of benzene rings is 1. The first kappa shape index (κ1) is 21.0. The summed E-state index contributed by atoms with van der Waals surface area (Å²) in [5, 5.41) is 33.3. The quantitative estimate of drug-likeness (QED) is 0.648. The maximum absolute atomic E-state index is 11.7. The van der Waals surface area contributed by atoms with Crippen molar-refractivity contribution in [1.82, 2.24) is 0 Å². The molecular formula is C27H40O3. The first-order chi connectivity index (χ1) is 14.2. The highest BCUT2D eigenvalue weighted by Crippen LogP contribution is 2.69. The van der Waals surface area contributed by atoms with E-state index in [1.54, 1.807) is 0 Å². The molecule has 4 saturated carbocycles. The van der Waals surface area contributed by atoms with E-state index in [9.17, 15) is 15.3 Å². The summed E-state index contributed by atoms with van der Waals surface area (Å²) in [6.45, 7) is 6.80.